The summed E-state index contributed by atoms with van der Waals surface area (Å²) >= 11 is 0. The number of aromatic nitrogens is 3. The van der Waals surface area contributed by atoms with Crippen molar-refractivity contribution in [3.63, 3.8) is 0 Å². The maximum atomic E-state index is 12.3. The van der Waals surface area contributed by atoms with Gasteiger partial charge in [-0.25, -0.2) is 4.98 Å². The molecule has 1 aliphatic rings. The fourth-order valence-electron chi connectivity index (χ4n) is 3.24. The summed E-state index contributed by atoms with van der Waals surface area (Å²) in [5.74, 6) is 2.03. The number of ether oxygens (including phenoxy) is 1. The van der Waals surface area contributed by atoms with Gasteiger partial charge in [0.2, 0.25) is 11.7 Å². The molecule has 0 aliphatic carbocycles. The molecule has 4 rings (SSSR count). The van der Waals surface area contributed by atoms with Gasteiger partial charge in [0.15, 0.2) is 0 Å². The SMILES string of the molecule is COc1ccc(C(=O)Nc2ccc(-c3noc(C4CCCN4C)n3)cn2)cc1. The lowest BCUT2D eigenvalue weighted by atomic mass is 10.2. The average Bonchev–Trinajstić information content (AvgIpc) is 3.37. The smallest absolute Gasteiger partial charge is 0.256 e. The molecule has 0 radical (unpaired) electrons. The molecule has 1 saturated heterocycles. The first-order valence-corrected chi connectivity index (χ1v) is 9.10. The highest BCUT2D eigenvalue weighted by Crippen LogP contribution is 2.30. The van der Waals surface area contributed by atoms with E-state index in [9.17, 15) is 4.79 Å². The Labute approximate surface area is 162 Å². The Kier molecular flexibility index (Phi) is 5.03. The molecule has 3 aromatic rings. The molecular weight excluding hydrogens is 358 g/mol. The molecule has 28 heavy (non-hydrogen) atoms. The van der Waals surface area contributed by atoms with Gasteiger partial charge in [-0.15, -0.1) is 0 Å². The molecule has 8 heteroatoms. The molecule has 1 N–H and O–H groups in total. The summed E-state index contributed by atoms with van der Waals surface area (Å²) in [5.41, 5.74) is 1.26. The summed E-state index contributed by atoms with van der Waals surface area (Å²) in [5, 5.41) is 6.84. The third kappa shape index (κ3) is 3.72. The van der Waals surface area contributed by atoms with E-state index in [4.69, 9.17) is 9.26 Å². The number of anilines is 1. The number of methoxy groups -OCH3 is 1. The van der Waals surface area contributed by atoms with Crippen LogP contribution in [0.2, 0.25) is 0 Å². The summed E-state index contributed by atoms with van der Waals surface area (Å²) in [6.07, 6.45) is 3.77. The van der Waals surface area contributed by atoms with Crippen LogP contribution >= 0.6 is 0 Å². The number of pyridine rings is 1. The monoisotopic (exact) mass is 379 g/mol. The van der Waals surface area contributed by atoms with Crippen molar-refractivity contribution >= 4 is 11.7 Å². The van der Waals surface area contributed by atoms with Crippen molar-refractivity contribution < 1.29 is 14.1 Å². The lowest BCUT2D eigenvalue weighted by Gasteiger charge is -2.14. The number of nitrogens with one attached hydrogen (secondary N) is 1. The minimum absolute atomic E-state index is 0.178. The lowest BCUT2D eigenvalue weighted by molar-refractivity contribution is 0.102. The second-order valence-corrected chi connectivity index (χ2v) is 6.71. The Morgan fingerprint density at radius 1 is 1.25 bits per heavy atom. The number of hydrogen-bond donors (Lipinski definition) is 1. The molecule has 0 bridgehead atoms. The highest BCUT2D eigenvalue weighted by Gasteiger charge is 2.28. The van der Waals surface area contributed by atoms with E-state index < -0.39 is 0 Å². The number of likely N-dealkylation sites (tertiary alicyclic amines) is 1. The van der Waals surface area contributed by atoms with Crippen LogP contribution < -0.4 is 10.1 Å². The molecule has 1 amide bonds. The number of amides is 1. The van der Waals surface area contributed by atoms with Crippen LogP contribution in [-0.4, -0.2) is 46.6 Å². The van der Waals surface area contributed by atoms with Crippen LogP contribution in [0.1, 0.15) is 35.1 Å². The Hall–Kier alpha value is -3.26. The van der Waals surface area contributed by atoms with Crippen LogP contribution in [-0.2, 0) is 0 Å². The zero-order chi connectivity index (χ0) is 19.5. The molecular formula is C20H21N5O3. The van der Waals surface area contributed by atoms with Crippen molar-refractivity contribution in [3.8, 4) is 17.1 Å². The number of carbonyl (C=O) groups excluding carboxylic acids is 1. The maximum absolute atomic E-state index is 12.3. The first kappa shape index (κ1) is 18.1. The van der Waals surface area contributed by atoms with Gasteiger partial charge >= 0.3 is 0 Å². The van der Waals surface area contributed by atoms with Gasteiger partial charge in [0.05, 0.1) is 13.2 Å². The Bertz CT molecular complexity index is 953. The molecule has 1 aliphatic heterocycles. The number of carbonyl (C=O) groups is 1. The Morgan fingerprint density at radius 3 is 2.71 bits per heavy atom. The van der Waals surface area contributed by atoms with Gasteiger partial charge in [0, 0.05) is 17.3 Å². The molecule has 1 unspecified atom stereocenters. The summed E-state index contributed by atoms with van der Waals surface area (Å²) < 4.78 is 10.5. The number of nitrogens with zero attached hydrogens (tertiary/aromatic N) is 4. The lowest BCUT2D eigenvalue weighted by Crippen LogP contribution is -2.17. The summed E-state index contributed by atoms with van der Waals surface area (Å²) in [7, 11) is 3.64. The molecule has 1 fully saturated rings. The quantitative estimate of drug-likeness (QED) is 0.728. The highest BCUT2D eigenvalue weighted by atomic mass is 16.5. The average molecular weight is 379 g/mol. The van der Waals surface area contributed by atoms with Crippen molar-refractivity contribution in [2.24, 2.45) is 0 Å². The van der Waals surface area contributed by atoms with Crippen LogP contribution in [0.5, 0.6) is 5.75 Å². The van der Waals surface area contributed by atoms with Crippen molar-refractivity contribution in [2.75, 3.05) is 26.0 Å². The third-order valence-corrected chi connectivity index (χ3v) is 4.86. The van der Waals surface area contributed by atoms with Crippen LogP contribution in [0.3, 0.4) is 0 Å². The van der Waals surface area contributed by atoms with E-state index in [0.29, 0.717) is 28.8 Å². The van der Waals surface area contributed by atoms with Crippen LogP contribution in [0.4, 0.5) is 5.82 Å². The van der Waals surface area contributed by atoms with Crippen molar-refractivity contribution in [1.29, 1.82) is 0 Å². The number of hydrogen-bond acceptors (Lipinski definition) is 7. The largest absolute Gasteiger partial charge is 0.497 e. The molecule has 144 valence electrons. The summed E-state index contributed by atoms with van der Waals surface area (Å²) in [6, 6.07) is 10.6. The molecule has 0 saturated carbocycles. The van der Waals surface area contributed by atoms with Gasteiger partial charge in [-0.2, -0.15) is 4.98 Å². The molecule has 8 nitrogen and oxygen atoms in total. The van der Waals surface area contributed by atoms with Gasteiger partial charge in [-0.3, -0.25) is 9.69 Å². The molecule has 2 aromatic heterocycles. The van der Waals surface area contributed by atoms with Gasteiger partial charge in [0.1, 0.15) is 11.6 Å². The van der Waals surface area contributed by atoms with E-state index in [-0.39, 0.29) is 11.9 Å². The minimum Gasteiger partial charge on any atom is -0.497 e. The topological polar surface area (TPSA) is 93.4 Å². The second-order valence-electron chi connectivity index (χ2n) is 6.71. The van der Waals surface area contributed by atoms with Crippen LogP contribution in [0.25, 0.3) is 11.4 Å². The molecule has 3 heterocycles. The molecule has 1 aromatic carbocycles. The normalized spacial score (nSPS) is 16.9. The number of benzene rings is 1. The van der Waals surface area contributed by atoms with E-state index in [1.165, 1.54) is 0 Å². The van der Waals surface area contributed by atoms with Crippen molar-refractivity contribution in [1.82, 2.24) is 20.0 Å². The zero-order valence-corrected chi connectivity index (χ0v) is 15.8. The van der Waals surface area contributed by atoms with Gasteiger partial charge in [-0.05, 0) is 62.8 Å². The fraction of sp³-hybridized carbons (Fsp3) is 0.300. The molecule has 0 spiro atoms. The van der Waals surface area contributed by atoms with E-state index in [1.807, 2.05) is 6.07 Å². The predicted octanol–water partition coefficient (Wildman–Crippen LogP) is 3.16. The van der Waals surface area contributed by atoms with Gasteiger partial charge in [0.25, 0.3) is 5.91 Å². The third-order valence-electron chi connectivity index (χ3n) is 4.86. The van der Waals surface area contributed by atoms with E-state index in [2.05, 4.69) is 32.4 Å². The van der Waals surface area contributed by atoms with Crippen molar-refractivity contribution in [2.45, 2.75) is 18.9 Å². The first-order chi connectivity index (χ1) is 13.6. The Balaban J connectivity index is 1.43. The van der Waals surface area contributed by atoms with E-state index in [0.717, 1.165) is 24.9 Å². The highest BCUT2D eigenvalue weighted by molar-refractivity contribution is 6.03. The summed E-state index contributed by atoms with van der Waals surface area (Å²) in [6.45, 7) is 1.03. The molecule has 1 atom stereocenters. The predicted molar refractivity (Wildman–Crippen MR) is 103 cm³/mol. The fourth-order valence-corrected chi connectivity index (χ4v) is 3.24. The minimum atomic E-state index is -0.242. The summed E-state index contributed by atoms with van der Waals surface area (Å²) in [4.78, 5) is 23.3. The van der Waals surface area contributed by atoms with E-state index >= 15 is 0 Å². The van der Waals surface area contributed by atoms with Crippen LogP contribution in [0, 0.1) is 0 Å². The van der Waals surface area contributed by atoms with Gasteiger partial charge < -0.3 is 14.6 Å². The second kappa shape index (κ2) is 7.77. The maximum Gasteiger partial charge on any atom is 0.256 e. The number of rotatable bonds is 5. The van der Waals surface area contributed by atoms with E-state index in [1.54, 1.807) is 43.6 Å². The van der Waals surface area contributed by atoms with Gasteiger partial charge in [-0.1, -0.05) is 5.16 Å². The standard InChI is InChI=1S/C20H21N5O3/c1-25-11-3-4-16(25)20-23-18(24-28-20)14-7-10-17(21-12-14)22-19(26)13-5-8-15(27-2)9-6-13/h5-10,12,16H,3-4,11H2,1-2H3,(H,21,22,26). The Morgan fingerprint density at radius 2 is 2.07 bits per heavy atom. The first-order valence-electron chi connectivity index (χ1n) is 9.10. The zero-order valence-electron chi connectivity index (χ0n) is 15.8. The van der Waals surface area contributed by atoms with Crippen LogP contribution in [0.15, 0.2) is 47.1 Å². The van der Waals surface area contributed by atoms with Crippen molar-refractivity contribution in [3.05, 3.63) is 54.0 Å².